The molecular weight excluding hydrogens is 652 g/mol. The van der Waals surface area contributed by atoms with Crippen LogP contribution in [0, 0.1) is 6.92 Å². The second kappa shape index (κ2) is 14.5. The van der Waals surface area contributed by atoms with E-state index >= 15 is 0 Å². The molecule has 3 aromatic carbocycles. The Bertz CT molecular complexity index is 1560. The van der Waals surface area contributed by atoms with E-state index in [0.717, 1.165) is 35.6 Å². The summed E-state index contributed by atoms with van der Waals surface area (Å²) in [6.07, 6.45) is 4.04. The molecule has 1 aliphatic carbocycles. The molecule has 43 heavy (non-hydrogen) atoms. The molecule has 0 aromatic heterocycles. The van der Waals surface area contributed by atoms with Crippen LogP contribution in [0.2, 0.25) is 20.1 Å². The number of rotatable bonds is 11. The van der Waals surface area contributed by atoms with Crippen LogP contribution in [0.4, 0.5) is 5.69 Å². The Labute approximate surface area is 273 Å². The fourth-order valence-electron chi connectivity index (χ4n) is 5.18. The lowest BCUT2D eigenvalue weighted by molar-refractivity contribution is -0.140. The first-order valence-corrected chi connectivity index (χ1v) is 16.9. The van der Waals surface area contributed by atoms with Crippen LogP contribution < -0.4 is 9.62 Å². The lowest BCUT2D eigenvalue weighted by Crippen LogP contribution is -2.53. The third kappa shape index (κ3) is 7.78. The van der Waals surface area contributed by atoms with E-state index in [1.807, 2.05) is 6.92 Å². The zero-order valence-corrected chi connectivity index (χ0v) is 27.7. The Hall–Kier alpha value is -2.49. The fraction of sp³-hybridized carbons (Fsp3) is 0.355. The highest BCUT2D eigenvalue weighted by Gasteiger charge is 2.36. The first-order valence-electron chi connectivity index (χ1n) is 14.0. The smallest absolute Gasteiger partial charge is 0.264 e. The van der Waals surface area contributed by atoms with Crippen molar-refractivity contribution in [3.05, 3.63) is 91.9 Å². The van der Waals surface area contributed by atoms with Gasteiger partial charge < -0.3 is 10.2 Å². The van der Waals surface area contributed by atoms with Gasteiger partial charge in [-0.05, 0) is 62.6 Å². The first kappa shape index (κ1) is 33.4. The normalized spacial score (nSPS) is 14.4. The van der Waals surface area contributed by atoms with Crippen molar-refractivity contribution in [1.29, 1.82) is 0 Å². The summed E-state index contributed by atoms with van der Waals surface area (Å²) in [6.45, 7) is 2.86. The van der Waals surface area contributed by atoms with Gasteiger partial charge in [0.1, 0.15) is 12.6 Å². The van der Waals surface area contributed by atoms with E-state index in [1.54, 1.807) is 43.3 Å². The summed E-state index contributed by atoms with van der Waals surface area (Å²) in [5, 5.41) is 3.80. The number of aryl methyl sites for hydroxylation is 1. The summed E-state index contributed by atoms with van der Waals surface area (Å²) in [5.41, 5.74) is 1.34. The molecule has 2 amide bonds. The summed E-state index contributed by atoms with van der Waals surface area (Å²) in [5.74, 6) is -0.962. The number of carbonyl (C=O) groups is 2. The van der Waals surface area contributed by atoms with Gasteiger partial charge in [0, 0.05) is 28.2 Å². The van der Waals surface area contributed by atoms with Gasteiger partial charge in [0.25, 0.3) is 10.0 Å². The number of amides is 2. The van der Waals surface area contributed by atoms with Crippen molar-refractivity contribution < 1.29 is 18.0 Å². The Morgan fingerprint density at radius 2 is 1.49 bits per heavy atom. The van der Waals surface area contributed by atoms with E-state index in [4.69, 9.17) is 46.4 Å². The zero-order chi connectivity index (χ0) is 31.3. The Balaban J connectivity index is 1.78. The van der Waals surface area contributed by atoms with E-state index in [2.05, 4.69) is 5.32 Å². The highest BCUT2D eigenvalue weighted by molar-refractivity contribution is 7.92. The highest BCUT2D eigenvalue weighted by Crippen LogP contribution is 2.36. The van der Waals surface area contributed by atoms with Crippen LogP contribution in [0.5, 0.6) is 0 Å². The topological polar surface area (TPSA) is 86.8 Å². The maximum Gasteiger partial charge on any atom is 0.264 e. The second-order valence-corrected chi connectivity index (χ2v) is 14.0. The van der Waals surface area contributed by atoms with Crippen molar-refractivity contribution in [3.8, 4) is 0 Å². The molecule has 1 atom stereocenters. The van der Waals surface area contributed by atoms with Crippen molar-refractivity contribution in [3.63, 3.8) is 0 Å². The number of hydrogen-bond donors (Lipinski definition) is 1. The largest absolute Gasteiger partial charge is 0.352 e. The van der Waals surface area contributed by atoms with Crippen molar-refractivity contribution in [2.45, 2.75) is 69.5 Å². The van der Waals surface area contributed by atoms with Gasteiger partial charge >= 0.3 is 0 Å². The molecule has 3 aromatic rings. The van der Waals surface area contributed by atoms with Crippen molar-refractivity contribution >= 4 is 73.9 Å². The summed E-state index contributed by atoms with van der Waals surface area (Å²) in [6, 6.07) is 14.9. The van der Waals surface area contributed by atoms with Gasteiger partial charge in [0.05, 0.1) is 20.6 Å². The maximum absolute atomic E-state index is 14.3. The minimum absolute atomic E-state index is 0.0195. The molecule has 4 rings (SSSR count). The minimum atomic E-state index is -4.31. The molecule has 12 heteroatoms. The Morgan fingerprint density at radius 1 is 0.907 bits per heavy atom. The SMILES string of the molecule is CC[C@@H](C(=O)NC1CCCC1)N(Cc1c(Cl)cccc1Cl)C(=O)CN(c1cccc(Cl)c1Cl)S(=O)(=O)c1ccc(C)cc1. The van der Waals surface area contributed by atoms with Gasteiger partial charge in [-0.3, -0.25) is 13.9 Å². The molecule has 1 N–H and O–H groups in total. The summed E-state index contributed by atoms with van der Waals surface area (Å²) in [7, 11) is -4.31. The fourth-order valence-corrected chi connectivity index (χ4v) is 7.57. The molecule has 0 spiro atoms. The third-order valence-electron chi connectivity index (χ3n) is 7.57. The Kier molecular flexibility index (Phi) is 11.3. The molecule has 230 valence electrons. The number of carbonyl (C=O) groups excluding carboxylic acids is 2. The summed E-state index contributed by atoms with van der Waals surface area (Å²) >= 11 is 25.8. The van der Waals surface area contributed by atoms with E-state index < -0.39 is 28.5 Å². The third-order valence-corrected chi connectivity index (χ3v) is 10.9. The number of halogens is 4. The quantitative estimate of drug-likeness (QED) is 0.225. The zero-order valence-electron chi connectivity index (χ0n) is 23.8. The average molecular weight is 686 g/mol. The van der Waals surface area contributed by atoms with Crippen LogP contribution in [-0.2, 0) is 26.2 Å². The van der Waals surface area contributed by atoms with E-state index in [-0.39, 0.29) is 45.5 Å². The molecule has 0 heterocycles. The molecule has 0 unspecified atom stereocenters. The molecule has 0 radical (unpaired) electrons. The highest BCUT2D eigenvalue weighted by atomic mass is 35.5. The molecule has 1 fully saturated rings. The number of hydrogen-bond acceptors (Lipinski definition) is 4. The van der Waals surface area contributed by atoms with Crippen LogP contribution in [0.15, 0.2) is 65.6 Å². The van der Waals surface area contributed by atoms with E-state index in [0.29, 0.717) is 15.6 Å². The molecular formula is C31H33Cl4N3O4S. The van der Waals surface area contributed by atoms with Crippen molar-refractivity contribution in [2.75, 3.05) is 10.8 Å². The number of nitrogens with one attached hydrogen (secondary N) is 1. The molecule has 1 saturated carbocycles. The van der Waals surface area contributed by atoms with E-state index in [9.17, 15) is 18.0 Å². The van der Waals surface area contributed by atoms with Gasteiger partial charge in [-0.25, -0.2) is 8.42 Å². The lowest BCUT2D eigenvalue weighted by atomic mass is 10.1. The lowest BCUT2D eigenvalue weighted by Gasteiger charge is -2.34. The number of sulfonamides is 1. The van der Waals surface area contributed by atoms with Gasteiger partial charge in [0.15, 0.2) is 0 Å². The second-order valence-electron chi connectivity index (χ2n) is 10.5. The molecule has 0 aliphatic heterocycles. The number of anilines is 1. The average Bonchev–Trinajstić information content (AvgIpc) is 3.48. The molecule has 0 saturated heterocycles. The predicted molar refractivity (Wildman–Crippen MR) is 174 cm³/mol. The van der Waals surface area contributed by atoms with Crippen LogP contribution >= 0.6 is 46.4 Å². The monoisotopic (exact) mass is 683 g/mol. The van der Waals surface area contributed by atoms with E-state index in [1.165, 1.54) is 29.2 Å². The maximum atomic E-state index is 14.3. The molecule has 1 aliphatic rings. The van der Waals surface area contributed by atoms with Crippen LogP contribution in [0.3, 0.4) is 0 Å². The predicted octanol–water partition coefficient (Wildman–Crippen LogP) is 7.67. The summed E-state index contributed by atoms with van der Waals surface area (Å²) in [4.78, 5) is 29.2. The standard InChI is InChI=1S/C31H33Cl4N3O4S/c1-3-27(31(40)36-21-8-4-5-9-21)37(18-23-24(32)10-6-11-25(23)33)29(39)19-38(28-13-7-12-26(34)30(28)35)43(41,42)22-16-14-20(2)15-17-22/h6-7,10-17,21,27H,3-5,8-9,18-19H2,1-2H3,(H,36,40)/t27-/m0/s1. The number of nitrogens with zero attached hydrogens (tertiary/aromatic N) is 2. The first-order chi connectivity index (χ1) is 20.4. The molecule has 0 bridgehead atoms. The van der Waals surface area contributed by atoms with Gasteiger partial charge in [-0.2, -0.15) is 0 Å². The molecule has 7 nitrogen and oxygen atoms in total. The van der Waals surface area contributed by atoms with Gasteiger partial charge in [-0.1, -0.05) is 96.0 Å². The van der Waals surface area contributed by atoms with Crippen LogP contribution in [0.1, 0.15) is 50.2 Å². The van der Waals surface area contributed by atoms with Crippen LogP contribution in [0.25, 0.3) is 0 Å². The van der Waals surface area contributed by atoms with Crippen molar-refractivity contribution in [1.82, 2.24) is 10.2 Å². The van der Waals surface area contributed by atoms with Gasteiger partial charge in [0.2, 0.25) is 11.8 Å². The minimum Gasteiger partial charge on any atom is -0.352 e. The van der Waals surface area contributed by atoms with Gasteiger partial charge in [-0.15, -0.1) is 0 Å². The number of benzene rings is 3. The van der Waals surface area contributed by atoms with Crippen LogP contribution in [-0.4, -0.2) is 43.8 Å². The summed E-state index contributed by atoms with van der Waals surface area (Å²) < 4.78 is 29.1. The van der Waals surface area contributed by atoms with Crippen molar-refractivity contribution in [2.24, 2.45) is 0 Å². The Morgan fingerprint density at radius 3 is 2.09 bits per heavy atom.